The molecule has 0 unspecified atom stereocenters. The Labute approximate surface area is 196 Å². The van der Waals surface area contributed by atoms with E-state index in [0.717, 1.165) is 22.4 Å². The molecule has 0 saturated carbocycles. The third kappa shape index (κ3) is 4.29. The highest BCUT2D eigenvalue weighted by Gasteiger charge is 2.20. The van der Waals surface area contributed by atoms with Gasteiger partial charge in [0.15, 0.2) is 5.82 Å². The summed E-state index contributed by atoms with van der Waals surface area (Å²) in [6, 6.07) is 3.65. The molecule has 0 fully saturated rings. The summed E-state index contributed by atoms with van der Waals surface area (Å²) >= 11 is 0. The number of methoxy groups -OCH3 is 1. The number of fused-ring (bicyclic) bond motifs is 6. The monoisotopic (exact) mass is 462 g/mol. The highest BCUT2D eigenvalue weighted by Crippen LogP contribution is 2.35. The summed E-state index contributed by atoms with van der Waals surface area (Å²) in [5.41, 5.74) is 3.28. The van der Waals surface area contributed by atoms with Gasteiger partial charge in [0.25, 0.3) is 0 Å². The zero-order valence-corrected chi connectivity index (χ0v) is 19.5. The maximum Gasteiger partial charge on any atom is 0.222 e. The van der Waals surface area contributed by atoms with Crippen molar-refractivity contribution in [2.75, 3.05) is 19.0 Å². The van der Waals surface area contributed by atoms with E-state index in [2.05, 4.69) is 30.5 Å². The van der Waals surface area contributed by atoms with Crippen molar-refractivity contribution < 1.29 is 14.2 Å². The molecule has 0 aliphatic carbocycles. The molecule has 11 heteroatoms. The molecule has 4 aromatic heterocycles. The van der Waals surface area contributed by atoms with Gasteiger partial charge < -0.3 is 19.5 Å². The first-order valence-corrected chi connectivity index (χ1v) is 11.0. The van der Waals surface area contributed by atoms with Crippen LogP contribution in [0.1, 0.15) is 19.0 Å². The Hall–Kier alpha value is -3.99. The van der Waals surface area contributed by atoms with Crippen molar-refractivity contribution >= 4 is 11.6 Å². The van der Waals surface area contributed by atoms with Gasteiger partial charge in [-0.05, 0) is 13.0 Å². The van der Waals surface area contributed by atoms with Gasteiger partial charge in [-0.15, -0.1) is 0 Å². The van der Waals surface area contributed by atoms with Gasteiger partial charge in [-0.1, -0.05) is 0 Å². The number of nitrogens with one attached hydrogen (secondary N) is 1. The van der Waals surface area contributed by atoms with Gasteiger partial charge in [-0.25, -0.2) is 19.6 Å². The molecule has 0 amide bonds. The number of nitrogens with zero attached hydrogens (tertiary/aromatic N) is 7. The van der Waals surface area contributed by atoms with Gasteiger partial charge in [0.05, 0.1) is 31.2 Å². The molecule has 34 heavy (non-hydrogen) atoms. The molecule has 4 aromatic rings. The first-order valence-electron chi connectivity index (χ1n) is 11.0. The average Bonchev–Trinajstić information content (AvgIpc) is 3.36. The summed E-state index contributed by atoms with van der Waals surface area (Å²) in [5.74, 6) is 3.01. The van der Waals surface area contributed by atoms with Crippen LogP contribution in [-0.2, 0) is 25.4 Å². The van der Waals surface area contributed by atoms with Gasteiger partial charge in [-0.3, -0.25) is 4.68 Å². The normalized spacial score (nSPS) is 15.5. The molecule has 0 saturated heterocycles. The molecule has 1 aliphatic heterocycles. The standard InChI is InChI=1S/C23H26N8O3/c1-14-6-8-33-23-16(11-26-31(23)3)22-24-7-5-20(28-22)27-21-9-19(34-14)15(10-25-21)17-12-30(2)29-18(17)13-32-4/h5,7,9-12,14H,6,8,13H2,1-4H3,(H,24,25,27,28)/t14-/m0/s1. The topological polar surface area (TPSA) is 114 Å². The SMILES string of the molecule is COCc1nn(C)cc1-c1cnc2cc1O[C@@H](C)CCOc1c(cnn1C)-c1nccc(n1)N2. The molecule has 1 aliphatic rings. The van der Waals surface area contributed by atoms with Crippen LogP contribution in [0.15, 0.2) is 36.9 Å². The number of aryl methyl sites for hydroxylation is 2. The fourth-order valence-corrected chi connectivity index (χ4v) is 3.85. The fraction of sp³-hybridized carbons (Fsp3) is 0.348. The van der Waals surface area contributed by atoms with Crippen LogP contribution in [0.4, 0.5) is 11.6 Å². The van der Waals surface area contributed by atoms with Crippen LogP contribution in [-0.4, -0.2) is 54.3 Å². The molecule has 4 bridgehead atoms. The van der Waals surface area contributed by atoms with Crippen molar-refractivity contribution in [2.45, 2.75) is 26.1 Å². The van der Waals surface area contributed by atoms with E-state index in [0.29, 0.717) is 48.7 Å². The molecule has 0 spiro atoms. The number of aromatic nitrogens is 7. The molecule has 0 aromatic carbocycles. The molecule has 176 valence electrons. The van der Waals surface area contributed by atoms with E-state index in [-0.39, 0.29) is 6.10 Å². The second kappa shape index (κ2) is 9.10. The molecule has 0 radical (unpaired) electrons. The maximum absolute atomic E-state index is 6.39. The molecular weight excluding hydrogens is 436 g/mol. The van der Waals surface area contributed by atoms with Crippen LogP contribution in [0.5, 0.6) is 11.6 Å². The van der Waals surface area contributed by atoms with Gasteiger partial charge in [0, 0.05) is 63.4 Å². The minimum atomic E-state index is -0.120. The fourth-order valence-electron chi connectivity index (χ4n) is 3.85. The third-order valence-corrected chi connectivity index (χ3v) is 5.47. The van der Waals surface area contributed by atoms with E-state index in [1.165, 1.54) is 0 Å². The summed E-state index contributed by atoms with van der Waals surface area (Å²) < 4.78 is 21.2. The highest BCUT2D eigenvalue weighted by atomic mass is 16.5. The predicted octanol–water partition coefficient (Wildman–Crippen LogP) is 3.11. The van der Waals surface area contributed by atoms with Crippen molar-refractivity contribution in [3.63, 3.8) is 0 Å². The predicted molar refractivity (Wildman–Crippen MR) is 125 cm³/mol. The summed E-state index contributed by atoms with van der Waals surface area (Å²) in [6.07, 6.45) is 7.66. The Morgan fingerprint density at radius 2 is 2.03 bits per heavy atom. The Morgan fingerprint density at radius 3 is 2.88 bits per heavy atom. The summed E-state index contributed by atoms with van der Waals surface area (Å²) in [6.45, 7) is 2.85. The van der Waals surface area contributed by atoms with Crippen LogP contribution in [0.2, 0.25) is 0 Å². The lowest BCUT2D eigenvalue weighted by atomic mass is 10.1. The lowest BCUT2D eigenvalue weighted by molar-refractivity contribution is 0.172. The molecule has 5 rings (SSSR count). The summed E-state index contributed by atoms with van der Waals surface area (Å²) in [4.78, 5) is 13.7. The number of rotatable bonds is 3. The van der Waals surface area contributed by atoms with Crippen molar-refractivity contribution in [2.24, 2.45) is 14.1 Å². The van der Waals surface area contributed by atoms with E-state index >= 15 is 0 Å². The first-order chi connectivity index (χ1) is 16.5. The smallest absolute Gasteiger partial charge is 0.222 e. The number of pyridine rings is 1. The second-order valence-electron chi connectivity index (χ2n) is 8.10. The number of hydrogen-bond donors (Lipinski definition) is 1. The van der Waals surface area contributed by atoms with Gasteiger partial charge in [0.1, 0.15) is 22.9 Å². The summed E-state index contributed by atoms with van der Waals surface area (Å²) in [5, 5.41) is 12.1. The van der Waals surface area contributed by atoms with Crippen LogP contribution in [0.25, 0.3) is 22.5 Å². The van der Waals surface area contributed by atoms with E-state index < -0.39 is 0 Å². The van der Waals surface area contributed by atoms with Gasteiger partial charge in [0.2, 0.25) is 5.88 Å². The lowest BCUT2D eigenvalue weighted by Gasteiger charge is -2.19. The zero-order chi connectivity index (χ0) is 23.7. The zero-order valence-electron chi connectivity index (χ0n) is 19.5. The summed E-state index contributed by atoms with van der Waals surface area (Å²) in [7, 11) is 5.36. The largest absolute Gasteiger partial charge is 0.490 e. The third-order valence-electron chi connectivity index (χ3n) is 5.47. The quantitative estimate of drug-likeness (QED) is 0.490. The van der Waals surface area contributed by atoms with E-state index in [1.54, 1.807) is 41.1 Å². The van der Waals surface area contributed by atoms with Crippen LogP contribution < -0.4 is 14.8 Å². The van der Waals surface area contributed by atoms with Crippen LogP contribution in [0.3, 0.4) is 0 Å². The number of anilines is 2. The Morgan fingerprint density at radius 1 is 1.15 bits per heavy atom. The minimum Gasteiger partial charge on any atom is -0.490 e. The van der Waals surface area contributed by atoms with E-state index in [4.69, 9.17) is 14.2 Å². The number of hydrogen-bond acceptors (Lipinski definition) is 9. The highest BCUT2D eigenvalue weighted by molar-refractivity contribution is 5.74. The van der Waals surface area contributed by atoms with Crippen LogP contribution in [0, 0.1) is 0 Å². The molecule has 1 atom stereocenters. The van der Waals surface area contributed by atoms with Crippen molar-refractivity contribution in [1.29, 1.82) is 0 Å². The Balaban J connectivity index is 1.58. The molecule has 5 heterocycles. The molecular formula is C23H26N8O3. The van der Waals surface area contributed by atoms with E-state index in [1.807, 2.05) is 33.3 Å². The first kappa shape index (κ1) is 21.8. The molecule has 11 nitrogen and oxygen atoms in total. The van der Waals surface area contributed by atoms with Crippen molar-refractivity contribution in [3.8, 4) is 34.1 Å². The van der Waals surface area contributed by atoms with Gasteiger partial charge in [-0.2, -0.15) is 10.2 Å². The minimum absolute atomic E-state index is 0.120. The maximum atomic E-state index is 6.39. The molecule has 1 N–H and O–H groups in total. The van der Waals surface area contributed by atoms with Crippen molar-refractivity contribution in [1.82, 2.24) is 34.5 Å². The van der Waals surface area contributed by atoms with Gasteiger partial charge >= 0.3 is 0 Å². The average molecular weight is 463 g/mol. The Bertz CT molecular complexity index is 1320. The number of ether oxygens (including phenoxy) is 3. The lowest BCUT2D eigenvalue weighted by Crippen LogP contribution is -2.17. The Kier molecular flexibility index (Phi) is 5.84. The second-order valence-corrected chi connectivity index (χ2v) is 8.10. The van der Waals surface area contributed by atoms with Crippen LogP contribution >= 0.6 is 0 Å². The van der Waals surface area contributed by atoms with E-state index in [9.17, 15) is 0 Å². The van der Waals surface area contributed by atoms with Crippen molar-refractivity contribution in [3.05, 3.63) is 42.6 Å².